The second kappa shape index (κ2) is 12.3. The summed E-state index contributed by atoms with van der Waals surface area (Å²) in [5.41, 5.74) is 1.12. The molecule has 1 aromatic rings. The van der Waals surface area contributed by atoms with Crippen molar-refractivity contribution in [2.24, 2.45) is 0 Å². The summed E-state index contributed by atoms with van der Waals surface area (Å²) in [4.78, 5) is 12.3. The lowest BCUT2D eigenvalue weighted by atomic mass is 9.95. The molecule has 0 spiro atoms. The molecule has 0 unspecified atom stereocenters. The van der Waals surface area contributed by atoms with Gasteiger partial charge < -0.3 is 5.32 Å². The van der Waals surface area contributed by atoms with Gasteiger partial charge in [-0.2, -0.15) is 0 Å². The number of benzene rings is 1. The summed E-state index contributed by atoms with van der Waals surface area (Å²) in [5, 5.41) is 3.10. The Kier molecular flexibility index (Phi) is 10.4. The molecule has 0 saturated heterocycles. The molecule has 1 aromatic carbocycles. The molecule has 0 aromatic heterocycles. The van der Waals surface area contributed by atoms with Crippen LogP contribution in [0.15, 0.2) is 30.3 Å². The van der Waals surface area contributed by atoms with Gasteiger partial charge in [-0.3, -0.25) is 4.79 Å². The van der Waals surface area contributed by atoms with Crippen LogP contribution in [0.25, 0.3) is 0 Å². The Labute approximate surface area is 136 Å². The normalized spacial score (nSPS) is 12.1. The summed E-state index contributed by atoms with van der Waals surface area (Å²) < 4.78 is 0. The van der Waals surface area contributed by atoms with E-state index < -0.39 is 0 Å². The Morgan fingerprint density at radius 2 is 1.50 bits per heavy atom. The Hall–Kier alpha value is -1.31. The number of carbonyl (C=O) groups is 1. The van der Waals surface area contributed by atoms with Gasteiger partial charge in [0.25, 0.3) is 0 Å². The topological polar surface area (TPSA) is 29.1 Å². The second-order valence-corrected chi connectivity index (χ2v) is 6.14. The highest BCUT2D eigenvalue weighted by molar-refractivity contribution is 5.83. The van der Waals surface area contributed by atoms with Gasteiger partial charge in [0.15, 0.2) is 0 Å². The van der Waals surface area contributed by atoms with Crippen LogP contribution in [0.1, 0.15) is 83.1 Å². The average Bonchev–Trinajstić information content (AvgIpc) is 2.55. The third-order valence-electron chi connectivity index (χ3n) is 4.26. The van der Waals surface area contributed by atoms with Gasteiger partial charge in [-0.05, 0) is 18.4 Å². The maximum Gasteiger partial charge on any atom is 0.227 e. The maximum atomic E-state index is 12.3. The Morgan fingerprint density at radius 1 is 0.909 bits per heavy atom. The summed E-state index contributed by atoms with van der Waals surface area (Å²) in [5.74, 6) is 0.173. The molecule has 2 heteroatoms. The minimum Gasteiger partial charge on any atom is -0.356 e. The molecule has 0 aliphatic rings. The molecule has 1 rings (SSSR count). The molecular formula is C20H33NO. The quantitative estimate of drug-likeness (QED) is 0.512. The highest BCUT2D eigenvalue weighted by atomic mass is 16.1. The summed E-state index contributed by atoms with van der Waals surface area (Å²) in [7, 11) is 0. The molecule has 0 saturated carbocycles. The Bertz CT molecular complexity index is 388. The molecule has 0 radical (unpaired) electrons. The molecule has 124 valence electrons. The third kappa shape index (κ3) is 7.63. The molecule has 1 atom stereocenters. The van der Waals surface area contributed by atoms with E-state index in [0.717, 1.165) is 24.9 Å². The first-order chi connectivity index (χ1) is 10.8. The molecule has 2 nitrogen and oxygen atoms in total. The predicted octanol–water partition coefficient (Wildman–Crippen LogP) is 5.44. The fourth-order valence-corrected chi connectivity index (χ4v) is 2.85. The smallest absolute Gasteiger partial charge is 0.227 e. The zero-order valence-corrected chi connectivity index (χ0v) is 14.4. The monoisotopic (exact) mass is 303 g/mol. The van der Waals surface area contributed by atoms with Crippen molar-refractivity contribution in [1.82, 2.24) is 5.32 Å². The number of hydrogen-bond acceptors (Lipinski definition) is 1. The molecular weight excluding hydrogens is 270 g/mol. The van der Waals surface area contributed by atoms with E-state index in [1.165, 1.54) is 44.9 Å². The fourth-order valence-electron chi connectivity index (χ4n) is 2.85. The van der Waals surface area contributed by atoms with Crippen molar-refractivity contribution in [2.45, 2.75) is 77.6 Å². The third-order valence-corrected chi connectivity index (χ3v) is 4.26. The first-order valence-electron chi connectivity index (χ1n) is 9.12. The highest BCUT2D eigenvalue weighted by Gasteiger charge is 2.17. The predicted molar refractivity (Wildman–Crippen MR) is 95.1 cm³/mol. The lowest BCUT2D eigenvalue weighted by Gasteiger charge is -2.15. The van der Waals surface area contributed by atoms with E-state index in [-0.39, 0.29) is 11.8 Å². The zero-order chi connectivity index (χ0) is 16.0. The van der Waals surface area contributed by atoms with Crippen LogP contribution < -0.4 is 5.32 Å². The second-order valence-electron chi connectivity index (χ2n) is 6.14. The van der Waals surface area contributed by atoms with Crippen LogP contribution in [0.3, 0.4) is 0 Å². The van der Waals surface area contributed by atoms with Gasteiger partial charge in [-0.15, -0.1) is 0 Å². The van der Waals surface area contributed by atoms with Crippen LogP contribution in [-0.2, 0) is 4.79 Å². The molecule has 0 heterocycles. The lowest BCUT2D eigenvalue weighted by molar-refractivity contribution is -0.122. The lowest BCUT2D eigenvalue weighted by Crippen LogP contribution is -2.29. The number of nitrogens with one attached hydrogen (secondary N) is 1. The van der Waals surface area contributed by atoms with E-state index >= 15 is 0 Å². The summed E-state index contributed by atoms with van der Waals surface area (Å²) in [6, 6.07) is 10.1. The van der Waals surface area contributed by atoms with E-state index in [4.69, 9.17) is 0 Å². The molecule has 0 aliphatic heterocycles. The maximum absolute atomic E-state index is 12.3. The Balaban J connectivity index is 2.12. The van der Waals surface area contributed by atoms with E-state index in [1.807, 2.05) is 30.3 Å². The molecule has 0 bridgehead atoms. The van der Waals surface area contributed by atoms with Crippen molar-refractivity contribution < 1.29 is 4.79 Å². The van der Waals surface area contributed by atoms with Crippen molar-refractivity contribution >= 4 is 5.91 Å². The minimum atomic E-state index is -0.00440. The van der Waals surface area contributed by atoms with Crippen molar-refractivity contribution in [1.29, 1.82) is 0 Å². The fraction of sp³-hybridized carbons (Fsp3) is 0.650. The van der Waals surface area contributed by atoms with Crippen LogP contribution in [0.5, 0.6) is 0 Å². The van der Waals surface area contributed by atoms with Gasteiger partial charge in [-0.25, -0.2) is 0 Å². The first kappa shape index (κ1) is 18.7. The van der Waals surface area contributed by atoms with Gasteiger partial charge in [0.1, 0.15) is 0 Å². The number of amides is 1. The number of carbonyl (C=O) groups excluding carboxylic acids is 1. The van der Waals surface area contributed by atoms with E-state index in [1.54, 1.807) is 0 Å². The minimum absolute atomic E-state index is 0.00440. The summed E-state index contributed by atoms with van der Waals surface area (Å²) in [6.07, 6.45) is 11.3. The van der Waals surface area contributed by atoms with Crippen LogP contribution >= 0.6 is 0 Å². The SMILES string of the molecule is CCCCCCCCCCNC(=O)[C@@H](CC)c1ccccc1. The number of hydrogen-bond donors (Lipinski definition) is 1. The van der Waals surface area contributed by atoms with Crippen LogP contribution in [-0.4, -0.2) is 12.5 Å². The van der Waals surface area contributed by atoms with Gasteiger partial charge in [-0.1, -0.05) is 89.1 Å². The molecule has 0 fully saturated rings. The summed E-state index contributed by atoms with van der Waals surface area (Å²) >= 11 is 0. The average molecular weight is 303 g/mol. The number of unbranched alkanes of at least 4 members (excludes halogenated alkanes) is 7. The number of rotatable bonds is 12. The molecule has 0 aliphatic carbocycles. The van der Waals surface area contributed by atoms with E-state index in [2.05, 4.69) is 19.2 Å². The van der Waals surface area contributed by atoms with Crippen molar-refractivity contribution in [3.05, 3.63) is 35.9 Å². The van der Waals surface area contributed by atoms with E-state index in [9.17, 15) is 4.79 Å². The molecule has 1 N–H and O–H groups in total. The zero-order valence-electron chi connectivity index (χ0n) is 14.4. The van der Waals surface area contributed by atoms with Crippen molar-refractivity contribution in [2.75, 3.05) is 6.54 Å². The standard InChI is InChI=1S/C20H33NO/c1-3-5-6-7-8-9-10-14-17-21-20(22)19(4-2)18-15-12-11-13-16-18/h11-13,15-16,19H,3-10,14,17H2,1-2H3,(H,21,22)/t19-/m0/s1. The van der Waals surface area contributed by atoms with Gasteiger partial charge in [0.2, 0.25) is 5.91 Å². The van der Waals surface area contributed by atoms with Gasteiger partial charge in [0, 0.05) is 6.54 Å². The van der Waals surface area contributed by atoms with Crippen molar-refractivity contribution in [3.8, 4) is 0 Å². The summed E-state index contributed by atoms with van der Waals surface area (Å²) in [6.45, 7) is 5.15. The van der Waals surface area contributed by atoms with E-state index in [0.29, 0.717) is 0 Å². The van der Waals surface area contributed by atoms with Crippen LogP contribution in [0.4, 0.5) is 0 Å². The Morgan fingerprint density at radius 3 is 2.09 bits per heavy atom. The van der Waals surface area contributed by atoms with Crippen molar-refractivity contribution in [3.63, 3.8) is 0 Å². The largest absolute Gasteiger partial charge is 0.356 e. The van der Waals surface area contributed by atoms with Crippen LogP contribution in [0.2, 0.25) is 0 Å². The van der Waals surface area contributed by atoms with Gasteiger partial charge in [0.05, 0.1) is 5.92 Å². The first-order valence-corrected chi connectivity index (χ1v) is 9.12. The molecule has 22 heavy (non-hydrogen) atoms. The highest BCUT2D eigenvalue weighted by Crippen LogP contribution is 2.19. The van der Waals surface area contributed by atoms with Gasteiger partial charge >= 0.3 is 0 Å². The molecule has 1 amide bonds. The van der Waals surface area contributed by atoms with Crippen LogP contribution in [0, 0.1) is 0 Å².